The van der Waals surface area contributed by atoms with Crippen molar-refractivity contribution in [1.82, 2.24) is 19.9 Å². The predicted molar refractivity (Wildman–Crippen MR) is 145 cm³/mol. The van der Waals surface area contributed by atoms with Crippen LogP contribution < -0.4 is 15.5 Å². The van der Waals surface area contributed by atoms with Crippen LogP contribution in [-0.4, -0.2) is 59.5 Å². The van der Waals surface area contributed by atoms with Crippen LogP contribution in [-0.2, 0) is 4.79 Å². The van der Waals surface area contributed by atoms with Crippen LogP contribution in [0.15, 0.2) is 48.8 Å². The third-order valence-electron chi connectivity index (χ3n) is 5.73. The molecule has 2 aromatic carbocycles. The Bertz CT molecular complexity index is 1390. The Morgan fingerprint density at radius 2 is 1.97 bits per heavy atom. The van der Waals surface area contributed by atoms with Crippen LogP contribution in [0.4, 0.5) is 27.4 Å². The van der Waals surface area contributed by atoms with Gasteiger partial charge in [0.15, 0.2) is 5.82 Å². The van der Waals surface area contributed by atoms with Crippen molar-refractivity contribution in [3.05, 3.63) is 59.6 Å². The number of benzene rings is 2. The number of aromatic amines is 1. The number of H-pyrrole nitrogens is 1. The van der Waals surface area contributed by atoms with Gasteiger partial charge in [-0.3, -0.25) is 4.79 Å². The Hall–Kier alpha value is -3.69. The number of rotatable bonds is 9. The fourth-order valence-electron chi connectivity index (χ4n) is 4.04. The van der Waals surface area contributed by atoms with Crippen molar-refractivity contribution in [2.45, 2.75) is 13.8 Å². The molecule has 0 unspecified atom stereocenters. The van der Waals surface area contributed by atoms with Crippen molar-refractivity contribution >= 4 is 51.4 Å². The number of fused-ring (bicyclic) bond motifs is 1. The summed E-state index contributed by atoms with van der Waals surface area (Å²) in [4.78, 5) is 27.9. The van der Waals surface area contributed by atoms with Crippen LogP contribution in [0.5, 0.6) is 0 Å². The van der Waals surface area contributed by atoms with E-state index in [1.165, 1.54) is 19.2 Å². The van der Waals surface area contributed by atoms with E-state index >= 15 is 4.39 Å². The van der Waals surface area contributed by atoms with Gasteiger partial charge in [0, 0.05) is 54.9 Å². The Morgan fingerprint density at radius 1 is 1.19 bits per heavy atom. The number of nitrogens with one attached hydrogen (secondary N) is 3. The highest BCUT2D eigenvalue weighted by atomic mass is 35.5. The van der Waals surface area contributed by atoms with Crippen molar-refractivity contribution in [1.29, 1.82) is 0 Å². The Morgan fingerprint density at radius 3 is 2.69 bits per heavy atom. The van der Waals surface area contributed by atoms with Gasteiger partial charge < -0.3 is 25.4 Å². The maximum atomic E-state index is 15.5. The summed E-state index contributed by atoms with van der Waals surface area (Å²) in [5.74, 6) is -0.503. The lowest BCUT2D eigenvalue weighted by Crippen LogP contribution is -2.33. The molecule has 1 amide bonds. The summed E-state index contributed by atoms with van der Waals surface area (Å²) in [6, 6.07) is 10.9. The van der Waals surface area contributed by atoms with Crippen LogP contribution in [0.25, 0.3) is 22.2 Å². The van der Waals surface area contributed by atoms with Crippen LogP contribution in [0.2, 0.25) is 5.02 Å². The number of amides is 1. The molecular weight excluding hydrogens is 481 g/mol. The summed E-state index contributed by atoms with van der Waals surface area (Å²) in [6.07, 6.45) is 3.35. The largest absolute Gasteiger partial charge is 0.366 e. The predicted octanol–water partition coefficient (Wildman–Crippen LogP) is 5.51. The molecule has 0 aliphatic carbocycles. The third-order valence-corrected chi connectivity index (χ3v) is 6.01. The fraction of sp³-hybridized carbons (Fsp3) is 0.269. The number of hydrogen-bond donors (Lipinski definition) is 3. The van der Waals surface area contributed by atoms with Gasteiger partial charge in [-0.2, -0.15) is 0 Å². The minimum absolute atomic E-state index is 0.251. The smallest absolute Gasteiger partial charge is 0.227 e. The molecule has 8 nitrogen and oxygen atoms in total. The molecule has 4 aromatic rings. The second-order valence-corrected chi connectivity index (χ2v) is 9.09. The van der Waals surface area contributed by atoms with Gasteiger partial charge in [-0.25, -0.2) is 14.4 Å². The van der Waals surface area contributed by atoms with Gasteiger partial charge in [-0.05, 0) is 39.2 Å². The molecule has 3 N–H and O–H groups in total. The van der Waals surface area contributed by atoms with Gasteiger partial charge in [-0.15, -0.1) is 0 Å². The molecule has 0 bridgehead atoms. The molecule has 0 saturated carbocycles. The van der Waals surface area contributed by atoms with Gasteiger partial charge in [0.2, 0.25) is 11.9 Å². The number of halogens is 2. The highest BCUT2D eigenvalue weighted by Crippen LogP contribution is 2.35. The number of para-hydroxylation sites is 1. The van der Waals surface area contributed by atoms with Crippen molar-refractivity contribution < 1.29 is 9.18 Å². The van der Waals surface area contributed by atoms with E-state index < -0.39 is 5.82 Å². The van der Waals surface area contributed by atoms with Crippen molar-refractivity contribution in [2.24, 2.45) is 0 Å². The molecule has 188 valence electrons. The van der Waals surface area contributed by atoms with E-state index in [-0.39, 0.29) is 11.9 Å². The number of aromatic nitrogens is 3. The molecule has 36 heavy (non-hydrogen) atoms. The lowest BCUT2D eigenvalue weighted by molar-refractivity contribution is -0.114. The summed E-state index contributed by atoms with van der Waals surface area (Å²) < 4.78 is 15.5. The topological polar surface area (TPSA) is 89.2 Å². The van der Waals surface area contributed by atoms with Crippen molar-refractivity contribution in [3.8, 4) is 11.3 Å². The standard InChI is InChI=1S/C26H29ClFN7O/c1-5-35(11-10-34(3)4)25-21(28)12-17(13-23(25)31-16(2)36)32-26-30-15-20(27)24(33-26)19-14-29-22-9-7-6-8-18(19)22/h6-9,12-15,29H,5,10-11H2,1-4H3,(H,31,36)(H,30,32,33). The summed E-state index contributed by atoms with van der Waals surface area (Å²) in [7, 11) is 3.92. The monoisotopic (exact) mass is 509 g/mol. The lowest BCUT2D eigenvalue weighted by atomic mass is 10.1. The highest BCUT2D eigenvalue weighted by molar-refractivity contribution is 6.33. The Labute approximate surface area is 214 Å². The van der Waals surface area contributed by atoms with Crippen molar-refractivity contribution in [2.75, 3.05) is 49.3 Å². The van der Waals surface area contributed by atoms with Crippen LogP contribution in [0, 0.1) is 5.82 Å². The SMILES string of the molecule is CCN(CCN(C)C)c1c(F)cc(Nc2ncc(Cl)c(-c3c[nH]c4ccccc34)n2)cc1NC(C)=O. The minimum atomic E-state index is -0.463. The average molecular weight is 510 g/mol. The molecule has 0 aliphatic heterocycles. The summed E-state index contributed by atoms with van der Waals surface area (Å²) in [6.45, 7) is 5.27. The van der Waals surface area contributed by atoms with Crippen LogP contribution in [0.3, 0.4) is 0 Å². The van der Waals surface area contributed by atoms with E-state index in [2.05, 4.69) is 25.6 Å². The van der Waals surface area contributed by atoms with E-state index in [9.17, 15) is 4.79 Å². The third kappa shape index (κ3) is 5.58. The van der Waals surface area contributed by atoms with Gasteiger partial charge in [0.25, 0.3) is 0 Å². The second-order valence-electron chi connectivity index (χ2n) is 8.68. The molecule has 0 saturated heterocycles. The highest BCUT2D eigenvalue weighted by Gasteiger charge is 2.19. The number of carbonyl (C=O) groups is 1. The van der Waals surface area contributed by atoms with Gasteiger partial charge in [-0.1, -0.05) is 29.8 Å². The molecule has 2 heterocycles. The molecule has 4 rings (SSSR count). The lowest BCUT2D eigenvalue weighted by Gasteiger charge is -2.28. The molecule has 0 fully saturated rings. The van der Waals surface area contributed by atoms with Gasteiger partial charge in [0.1, 0.15) is 0 Å². The maximum Gasteiger partial charge on any atom is 0.227 e. The minimum Gasteiger partial charge on any atom is -0.366 e. The quantitative estimate of drug-likeness (QED) is 0.276. The zero-order valence-electron chi connectivity index (χ0n) is 20.7. The number of likely N-dealkylation sites (N-methyl/N-ethyl adjacent to an activating group) is 2. The summed E-state index contributed by atoms with van der Waals surface area (Å²) >= 11 is 6.44. The Balaban J connectivity index is 1.69. The molecule has 10 heteroatoms. The number of carbonyl (C=O) groups excluding carboxylic acids is 1. The molecule has 2 aromatic heterocycles. The summed E-state index contributed by atoms with van der Waals surface area (Å²) in [5, 5.41) is 7.20. The first-order valence-electron chi connectivity index (χ1n) is 11.6. The summed E-state index contributed by atoms with van der Waals surface area (Å²) in [5.41, 5.74) is 3.46. The van der Waals surface area contributed by atoms with Crippen molar-refractivity contribution in [3.63, 3.8) is 0 Å². The van der Waals surface area contributed by atoms with Crippen LogP contribution >= 0.6 is 11.6 Å². The fourth-order valence-corrected chi connectivity index (χ4v) is 4.23. The zero-order valence-corrected chi connectivity index (χ0v) is 21.4. The normalized spacial score (nSPS) is 11.2. The molecule has 0 atom stereocenters. The van der Waals surface area contributed by atoms with E-state index in [1.54, 1.807) is 6.07 Å². The average Bonchev–Trinajstić information content (AvgIpc) is 3.25. The van der Waals surface area contributed by atoms with Crippen LogP contribution in [0.1, 0.15) is 13.8 Å². The molecule has 0 spiro atoms. The molecular formula is C26H29ClFN7O. The van der Waals surface area contributed by atoms with E-state index in [0.717, 1.165) is 23.0 Å². The zero-order chi connectivity index (χ0) is 25.8. The Kier molecular flexibility index (Phi) is 7.71. The first-order chi connectivity index (χ1) is 17.3. The molecule has 0 aliphatic rings. The first-order valence-corrected chi connectivity index (χ1v) is 12.0. The van der Waals surface area contributed by atoms with Gasteiger partial charge in [0.05, 0.1) is 28.3 Å². The maximum absolute atomic E-state index is 15.5. The van der Waals surface area contributed by atoms with Gasteiger partial charge >= 0.3 is 0 Å². The van der Waals surface area contributed by atoms with E-state index in [0.29, 0.717) is 40.9 Å². The first kappa shape index (κ1) is 25.4. The van der Waals surface area contributed by atoms with E-state index in [4.69, 9.17) is 11.6 Å². The number of hydrogen-bond acceptors (Lipinski definition) is 6. The second kappa shape index (κ2) is 10.9. The number of anilines is 4. The number of nitrogens with zero attached hydrogens (tertiary/aromatic N) is 4. The van der Waals surface area contributed by atoms with E-state index in [1.807, 2.05) is 61.3 Å². The molecule has 0 radical (unpaired) electrons.